The molecular formula is C12H12N4OS. The maximum Gasteiger partial charge on any atom is 0.223 e. The number of hydrogen-bond acceptors (Lipinski definition) is 6. The zero-order chi connectivity index (χ0) is 12.5. The fourth-order valence-corrected chi connectivity index (χ4v) is 2.66. The van der Waals surface area contributed by atoms with E-state index in [0.29, 0.717) is 12.5 Å². The molecule has 3 N–H and O–H groups in total. The number of nitrogens with one attached hydrogen (secondary N) is 1. The lowest BCUT2D eigenvalue weighted by molar-refractivity contribution is 0.564. The molecule has 0 atom stereocenters. The second kappa shape index (κ2) is 4.30. The minimum Gasteiger partial charge on any atom is -0.472 e. The zero-order valence-electron chi connectivity index (χ0n) is 9.80. The van der Waals surface area contributed by atoms with E-state index in [1.807, 2.05) is 13.0 Å². The average Bonchev–Trinajstić information content (AvgIpc) is 2.93. The number of furan rings is 1. The van der Waals surface area contributed by atoms with E-state index < -0.39 is 0 Å². The van der Waals surface area contributed by atoms with Gasteiger partial charge >= 0.3 is 0 Å². The lowest BCUT2D eigenvalue weighted by Gasteiger charge is -2.05. The van der Waals surface area contributed by atoms with Crippen molar-refractivity contribution in [2.45, 2.75) is 13.5 Å². The number of nitrogen functional groups attached to an aromatic ring is 1. The number of anilines is 2. The first-order chi connectivity index (χ1) is 8.72. The molecule has 3 rings (SSSR count). The summed E-state index contributed by atoms with van der Waals surface area (Å²) in [4.78, 5) is 10.6. The summed E-state index contributed by atoms with van der Waals surface area (Å²) in [5, 5.41) is 4.27. The van der Waals surface area contributed by atoms with Gasteiger partial charge in [0, 0.05) is 17.0 Å². The fraction of sp³-hybridized carbons (Fsp3) is 0.167. The van der Waals surface area contributed by atoms with Crippen LogP contribution in [0.5, 0.6) is 0 Å². The van der Waals surface area contributed by atoms with Gasteiger partial charge in [-0.15, -0.1) is 11.3 Å². The average molecular weight is 260 g/mol. The summed E-state index contributed by atoms with van der Waals surface area (Å²) in [6.45, 7) is 2.69. The molecule has 0 amide bonds. The van der Waals surface area contributed by atoms with Crippen LogP contribution in [0.25, 0.3) is 10.2 Å². The molecule has 0 aromatic carbocycles. The van der Waals surface area contributed by atoms with Crippen molar-refractivity contribution in [1.82, 2.24) is 9.97 Å². The smallest absolute Gasteiger partial charge is 0.223 e. The number of aryl methyl sites for hydroxylation is 1. The highest BCUT2D eigenvalue weighted by molar-refractivity contribution is 7.18. The van der Waals surface area contributed by atoms with Crippen LogP contribution in [0.4, 0.5) is 11.8 Å². The lowest BCUT2D eigenvalue weighted by atomic mass is 10.3. The van der Waals surface area contributed by atoms with Crippen molar-refractivity contribution >= 4 is 33.3 Å². The highest BCUT2D eigenvalue weighted by Gasteiger charge is 2.09. The summed E-state index contributed by atoms with van der Waals surface area (Å²) in [5.41, 5.74) is 6.77. The van der Waals surface area contributed by atoms with Crippen molar-refractivity contribution < 1.29 is 4.42 Å². The monoisotopic (exact) mass is 260 g/mol. The van der Waals surface area contributed by atoms with Crippen LogP contribution in [0.1, 0.15) is 10.4 Å². The van der Waals surface area contributed by atoms with Crippen molar-refractivity contribution in [2.75, 3.05) is 11.1 Å². The van der Waals surface area contributed by atoms with Gasteiger partial charge in [-0.05, 0) is 19.1 Å². The summed E-state index contributed by atoms with van der Waals surface area (Å²) in [7, 11) is 0. The molecule has 0 aliphatic heterocycles. The highest BCUT2D eigenvalue weighted by Crippen LogP contribution is 2.29. The van der Waals surface area contributed by atoms with Gasteiger partial charge in [-0.1, -0.05) is 0 Å². The topological polar surface area (TPSA) is 77.0 Å². The molecule has 5 nitrogen and oxygen atoms in total. The minimum absolute atomic E-state index is 0.291. The first-order valence-corrected chi connectivity index (χ1v) is 6.32. The molecule has 0 unspecified atom stereocenters. The van der Waals surface area contributed by atoms with Gasteiger partial charge in [0.2, 0.25) is 5.95 Å². The second-order valence-corrected chi connectivity index (χ2v) is 5.23. The van der Waals surface area contributed by atoms with Gasteiger partial charge < -0.3 is 15.5 Å². The number of nitrogens with two attached hydrogens (primary N) is 1. The molecule has 3 aromatic heterocycles. The maximum atomic E-state index is 5.71. The Morgan fingerprint density at radius 1 is 1.44 bits per heavy atom. The van der Waals surface area contributed by atoms with E-state index in [1.54, 1.807) is 23.9 Å². The molecule has 0 aliphatic rings. The molecule has 3 heterocycles. The number of rotatable bonds is 3. The summed E-state index contributed by atoms with van der Waals surface area (Å²) < 4.78 is 5.02. The standard InChI is InChI=1S/C12H12N4OS/c1-7-4-9-10(14-5-8-2-3-17-6-8)15-12(13)16-11(9)18-7/h2-4,6H,5H2,1H3,(H3,13,14,15,16). The van der Waals surface area contributed by atoms with Gasteiger partial charge in [-0.2, -0.15) is 4.98 Å². The SMILES string of the molecule is Cc1cc2c(NCc3ccoc3)nc(N)nc2s1. The van der Waals surface area contributed by atoms with E-state index >= 15 is 0 Å². The number of aromatic nitrogens is 2. The molecule has 0 bridgehead atoms. The van der Waals surface area contributed by atoms with E-state index in [0.717, 1.165) is 21.6 Å². The van der Waals surface area contributed by atoms with Gasteiger partial charge in [-0.25, -0.2) is 4.98 Å². The summed E-state index contributed by atoms with van der Waals surface area (Å²) in [5.74, 6) is 1.06. The molecule has 18 heavy (non-hydrogen) atoms. The van der Waals surface area contributed by atoms with Crippen LogP contribution in [-0.4, -0.2) is 9.97 Å². The summed E-state index contributed by atoms with van der Waals surface area (Å²) in [6.07, 6.45) is 3.35. The number of fused-ring (bicyclic) bond motifs is 1. The van der Waals surface area contributed by atoms with Crippen LogP contribution in [0.2, 0.25) is 0 Å². The molecule has 0 saturated heterocycles. The Morgan fingerprint density at radius 3 is 3.11 bits per heavy atom. The van der Waals surface area contributed by atoms with Crippen LogP contribution in [0.3, 0.4) is 0 Å². The van der Waals surface area contributed by atoms with Crippen molar-refractivity contribution in [3.8, 4) is 0 Å². The van der Waals surface area contributed by atoms with Crippen molar-refractivity contribution in [3.05, 3.63) is 35.1 Å². The molecule has 3 aromatic rings. The van der Waals surface area contributed by atoms with E-state index in [4.69, 9.17) is 10.2 Å². The second-order valence-electron chi connectivity index (χ2n) is 3.99. The molecule has 92 valence electrons. The number of hydrogen-bond donors (Lipinski definition) is 2. The third-order valence-electron chi connectivity index (χ3n) is 2.57. The quantitative estimate of drug-likeness (QED) is 0.757. The first-order valence-electron chi connectivity index (χ1n) is 5.51. The van der Waals surface area contributed by atoms with Crippen LogP contribution in [0.15, 0.2) is 29.1 Å². The van der Waals surface area contributed by atoms with Gasteiger partial charge in [0.1, 0.15) is 10.6 Å². The van der Waals surface area contributed by atoms with E-state index in [1.165, 1.54) is 4.88 Å². The van der Waals surface area contributed by atoms with Crippen LogP contribution < -0.4 is 11.1 Å². The molecule has 0 fully saturated rings. The van der Waals surface area contributed by atoms with Crippen molar-refractivity contribution in [1.29, 1.82) is 0 Å². The highest BCUT2D eigenvalue weighted by atomic mass is 32.1. The van der Waals surface area contributed by atoms with Crippen LogP contribution in [-0.2, 0) is 6.54 Å². The normalized spacial score (nSPS) is 10.9. The summed E-state index contributed by atoms with van der Waals surface area (Å²) >= 11 is 1.61. The van der Waals surface area contributed by atoms with Crippen molar-refractivity contribution in [2.24, 2.45) is 0 Å². The van der Waals surface area contributed by atoms with E-state index in [2.05, 4.69) is 21.4 Å². The minimum atomic E-state index is 0.291. The van der Waals surface area contributed by atoms with Crippen molar-refractivity contribution in [3.63, 3.8) is 0 Å². The lowest BCUT2D eigenvalue weighted by Crippen LogP contribution is -2.04. The Morgan fingerprint density at radius 2 is 2.33 bits per heavy atom. The zero-order valence-corrected chi connectivity index (χ0v) is 10.6. The molecule has 6 heteroatoms. The first kappa shape index (κ1) is 11.0. The Labute approximate surface area is 108 Å². The third kappa shape index (κ3) is 2.02. The van der Waals surface area contributed by atoms with Crippen LogP contribution >= 0.6 is 11.3 Å². The van der Waals surface area contributed by atoms with Gasteiger partial charge in [0.15, 0.2) is 0 Å². The van der Waals surface area contributed by atoms with Crippen LogP contribution in [0, 0.1) is 6.92 Å². The Kier molecular flexibility index (Phi) is 2.64. The van der Waals surface area contributed by atoms with Gasteiger partial charge in [0.05, 0.1) is 17.9 Å². The number of nitrogens with zero attached hydrogens (tertiary/aromatic N) is 2. The van der Waals surface area contributed by atoms with E-state index in [-0.39, 0.29) is 0 Å². The Bertz CT molecular complexity index is 675. The third-order valence-corrected chi connectivity index (χ3v) is 3.52. The predicted octanol–water partition coefficient (Wildman–Crippen LogP) is 2.79. The largest absolute Gasteiger partial charge is 0.472 e. The number of thiophene rings is 1. The van der Waals surface area contributed by atoms with Gasteiger partial charge in [0.25, 0.3) is 0 Å². The predicted molar refractivity (Wildman–Crippen MR) is 72.6 cm³/mol. The summed E-state index contributed by atoms with van der Waals surface area (Å²) in [6, 6.07) is 3.98. The van der Waals surface area contributed by atoms with Gasteiger partial charge in [-0.3, -0.25) is 0 Å². The fourth-order valence-electron chi connectivity index (χ4n) is 1.77. The Balaban J connectivity index is 1.95. The Hall–Kier alpha value is -2.08. The molecule has 0 spiro atoms. The van der Waals surface area contributed by atoms with E-state index in [9.17, 15) is 0 Å². The molecular weight excluding hydrogens is 248 g/mol. The molecule has 0 radical (unpaired) electrons. The molecule has 0 aliphatic carbocycles. The maximum absolute atomic E-state index is 5.71. The molecule has 0 saturated carbocycles.